The van der Waals surface area contributed by atoms with E-state index >= 15 is 0 Å². The Morgan fingerprint density at radius 3 is 2.32 bits per heavy atom. The smallest absolute Gasteiger partial charge is 0.252 e. The van der Waals surface area contributed by atoms with Crippen LogP contribution in [0.2, 0.25) is 0 Å². The fourth-order valence-electron chi connectivity index (χ4n) is 3.60. The quantitative estimate of drug-likeness (QED) is 0.683. The number of carbonyl (C=O) groups is 1. The highest BCUT2D eigenvalue weighted by Crippen LogP contribution is 2.27. The minimum Gasteiger partial charge on any atom is -0.497 e. The van der Waals surface area contributed by atoms with Crippen LogP contribution in [-0.2, 0) is 0 Å². The van der Waals surface area contributed by atoms with Crippen LogP contribution in [0.3, 0.4) is 0 Å². The van der Waals surface area contributed by atoms with Gasteiger partial charge in [0, 0.05) is 11.0 Å². The Morgan fingerprint density at radius 2 is 1.68 bits per heavy atom. The molecule has 1 saturated heterocycles. The summed E-state index contributed by atoms with van der Waals surface area (Å²) < 4.78 is 11.3. The van der Waals surface area contributed by atoms with Crippen molar-refractivity contribution in [2.75, 3.05) is 33.9 Å². The number of amides is 1. The molecule has 1 fully saturated rings. The van der Waals surface area contributed by atoms with E-state index in [1.165, 1.54) is 24.8 Å². The van der Waals surface area contributed by atoms with Crippen LogP contribution in [0.25, 0.3) is 0 Å². The van der Waals surface area contributed by atoms with Crippen LogP contribution in [0.4, 0.5) is 0 Å². The van der Waals surface area contributed by atoms with Gasteiger partial charge in [-0.3, -0.25) is 9.69 Å². The van der Waals surface area contributed by atoms with Gasteiger partial charge in [-0.2, -0.15) is 0 Å². The molecule has 3 rings (SSSR count). The lowest BCUT2D eigenvalue weighted by Gasteiger charge is -2.35. The van der Waals surface area contributed by atoms with E-state index in [0.717, 1.165) is 23.3 Å². The average molecular weight is 447 g/mol. The largest absolute Gasteiger partial charge is 0.497 e. The lowest BCUT2D eigenvalue weighted by atomic mass is 10.0. The molecule has 5 nitrogen and oxygen atoms in total. The number of benzene rings is 2. The first-order chi connectivity index (χ1) is 13.6. The van der Waals surface area contributed by atoms with E-state index in [9.17, 15) is 4.79 Å². The Kier molecular flexibility index (Phi) is 7.34. The summed E-state index contributed by atoms with van der Waals surface area (Å²) in [7, 11) is 3.27. The van der Waals surface area contributed by atoms with Crippen LogP contribution in [0.1, 0.15) is 41.2 Å². The van der Waals surface area contributed by atoms with Crippen molar-refractivity contribution in [1.82, 2.24) is 10.2 Å². The number of piperidine rings is 1. The molecule has 1 heterocycles. The lowest BCUT2D eigenvalue weighted by molar-refractivity contribution is 0.0923. The van der Waals surface area contributed by atoms with E-state index in [-0.39, 0.29) is 11.9 Å². The van der Waals surface area contributed by atoms with Crippen LogP contribution in [0.15, 0.2) is 46.9 Å². The van der Waals surface area contributed by atoms with E-state index in [4.69, 9.17) is 9.47 Å². The number of likely N-dealkylation sites (tertiary alicyclic amines) is 1. The first-order valence-electron chi connectivity index (χ1n) is 9.62. The van der Waals surface area contributed by atoms with Crippen molar-refractivity contribution in [2.24, 2.45) is 0 Å². The molecule has 2 aromatic carbocycles. The second-order valence-electron chi connectivity index (χ2n) is 6.94. The van der Waals surface area contributed by atoms with Gasteiger partial charge in [0.25, 0.3) is 5.91 Å². The monoisotopic (exact) mass is 446 g/mol. The zero-order valence-corrected chi connectivity index (χ0v) is 18.0. The van der Waals surface area contributed by atoms with Crippen molar-refractivity contribution in [2.45, 2.75) is 25.3 Å². The number of halogens is 1. The second kappa shape index (κ2) is 9.94. The molecule has 28 heavy (non-hydrogen) atoms. The van der Waals surface area contributed by atoms with Gasteiger partial charge in [-0.25, -0.2) is 0 Å². The van der Waals surface area contributed by atoms with Crippen LogP contribution < -0.4 is 14.8 Å². The molecule has 0 saturated carbocycles. The van der Waals surface area contributed by atoms with Gasteiger partial charge in [0.1, 0.15) is 11.5 Å². The zero-order valence-electron chi connectivity index (χ0n) is 16.4. The number of ether oxygens (including phenoxy) is 2. The number of nitrogens with one attached hydrogen (secondary N) is 1. The summed E-state index contributed by atoms with van der Waals surface area (Å²) in [5.74, 6) is 1.39. The van der Waals surface area contributed by atoms with E-state index in [1.807, 2.05) is 24.3 Å². The summed E-state index contributed by atoms with van der Waals surface area (Å²) in [5, 5.41) is 3.12. The number of methoxy groups -OCH3 is 2. The molecule has 150 valence electrons. The predicted octanol–water partition coefficient (Wildman–Crippen LogP) is 4.42. The zero-order chi connectivity index (χ0) is 19.9. The van der Waals surface area contributed by atoms with Crippen molar-refractivity contribution in [3.8, 4) is 11.5 Å². The van der Waals surface area contributed by atoms with Gasteiger partial charge in [0.15, 0.2) is 0 Å². The first kappa shape index (κ1) is 20.7. The Hall–Kier alpha value is -2.05. The Morgan fingerprint density at radius 1 is 1.04 bits per heavy atom. The summed E-state index contributed by atoms with van der Waals surface area (Å²) in [4.78, 5) is 15.3. The van der Waals surface area contributed by atoms with E-state index < -0.39 is 0 Å². The van der Waals surface area contributed by atoms with Crippen LogP contribution in [0, 0.1) is 0 Å². The molecule has 2 aromatic rings. The third-order valence-electron chi connectivity index (χ3n) is 5.21. The molecule has 0 spiro atoms. The summed E-state index contributed by atoms with van der Waals surface area (Å²) in [6.07, 6.45) is 3.67. The van der Waals surface area contributed by atoms with Gasteiger partial charge in [-0.1, -0.05) is 18.6 Å². The van der Waals surface area contributed by atoms with E-state index in [1.54, 1.807) is 20.3 Å². The summed E-state index contributed by atoms with van der Waals surface area (Å²) >= 11 is 3.46. The molecular formula is C22H27BrN2O3. The van der Waals surface area contributed by atoms with Gasteiger partial charge in [0.05, 0.1) is 25.8 Å². The van der Waals surface area contributed by atoms with Crippen molar-refractivity contribution < 1.29 is 14.3 Å². The molecule has 1 atom stereocenters. The van der Waals surface area contributed by atoms with E-state index in [0.29, 0.717) is 17.9 Å². The minimum atomic E-state index is -0.110. The van der Waals surface area contributed by atoms with Gasteiger partial charge in [-0.15, -0.1) is 0 Å². The maximum atomic E-state index is 12.8. The highest BCUT2D eigenvalue weighted by Gasteiger charge is 2.23. The third-order valence-corrected chi connectivity index (χ3v) is 5.90. The highest BCUT2D eigenvalue weighted by molar-refractivity contribution is 9.10. The normalized spacial score (nSPS) is 15.7. The van der Waals surface area contributed by atoms with Crippen LogP contribution in [-0.4, -0.2) is 44.7 Å². The second-order valence-corrected chi connectivity index (χ2v) is 7.80. The van der Waals surface area contributed by atoms with Gasteiger partial charge < -0.3 is 14.8 Å². The molecule has 0 radical (unpaired) electrons. The fraction of sp³-hybridized carbons (Fsp3) is 0.409. The predicted molar refractivity (Wildman–Crippen MR) is 114 cm³/mol. The molecule has 1 aliphatic rings. The van der Waals surface area contributed by atoms with Crippen LogP contribution in [0.5, 0.6) is 11.5 Å². The Bertz CT molecular complexity index is 789. The maximum Gasteiger partial charge on any atom is 0.252 e. The number of nitrogens with zero attached hydrogens (tertiary/aromatic N) is 1. The van der Waals surface area contributed by atoms with Crippen molar-refractivity contribution >= 4 is 21.8 Å². The third kappa shape index (κ3) is 5.06. The fourth-order valence-corrected chi connectivity index (χ4v) is 4.03. The molecule has 0 aliphatic carbocycles. The standard InChI is InChI=1S/C22H27BrN2O3/c1-27-17-8-6-16(7-9-17)21(25-12-4-3-5-13-25)15-24-22(26)19-14-18(28-2)10-11-20(19)23/h6-11,14,21H,3-5,12-13,15H2,1-2H3,(H,24,26)/t21-/m1/s1. The number of rotatable bonds is 7. The average Bonchev–Trinajstić information content (AvgIpc) is 2.75. The van der Waals surface area contributed by atoms with Crippen molar-refractivity contribution in [3.63, 3.8) is 0 Å². The Labute approximate surface area is 175 Å². The minimum absolute atomic E-state index is 0.110. The van der Waals surface area contributed by atoms with Crippen molar-refractivity contribution in [3.05, 3.63) is 58.1 Å². The van der Waals surface area contributed by atoms with Crippen molar-refractivity contribution in [1.29, 1.82) is 0 Å². The van der Waals surface area contributed by atoms with Gasteiger partial charge in [0.2, 0.25) is 0 Å². The van der Waals surface area contributed by atoms with E-state index in [2.05, 4.69) is 38.3 Å². The maximum absolute atomic E-state index is 12.8. The SMILES string of the molecule is COc1ccc([C@@H](CNC(=O)c2cc(OC)ccc2Br)N2CCCCC2)cc1. The molecule has 1 aliphatic heterocycles. The molecule has 6 heteroatoms. The number of hydrogen-bond donors (Lipinski definition) is 1. The number of hydrogen-bond acceptors (Lipinski definition) is 4. The summed E-state index contributed by atoms with van der Waals surface area (Å²) in [6, 6.07) is 13.7. The summed E-state index contributed by atoms with van der Waals surface area (Å²) in [6.45, 7) is 2.65. The van der Waals surface area contributed by atoms with Gasteiger partial charge in [-0.05, 0) is 77.8 Å². The Balaban J connectivity index is 1.76. The van der Waals surface area contributed by atoms with Gasteiger partial charge >= 0.3 is 0 Å². The number of carbonyl (C=O) groups excluding carboxylic acids is 1. The van der Waals surface area contributed by atoms with Crippen LogP contribution >= 0.6 is 15.9 Å². The topological polar surface area (TPSA) is 50.8 Å². The lowest BCUT2D eigenvalue weighted by Crippen LogP contribution is -2.40. The molecule has 0 unspecified atom stereocenters. The molecule has 0 bridgehead atoms. The molecule has 0 aromatic heterocycles. The highest BCUT2D eigenvalue weighted by atomic mass is 79.9. The first-order valence-corrected chi connectivity index (χ1v) is 10.4. The molecule has 1 N–H and O–H groups in total. The molecule has 1 amide bonds. The molecular weight excluding hydrogens is 420 g/mol. The summed E-state index contributed by atoms with van der Waals surface area (Å²) in [5.41, 5.74) is 1.76.